The van der Waals surface area contributed by atoms with Crippen LogP contribution >= 0.6 is 23.2 Å². The van der Waals surface area contributed by atoms with Crippen LogP contribution in [0, 0.1) is 34.6 Å². The molecule has 2 aromatic carbocycles. The number of hydrogen-bond donors (Lipinski definition) is 0. The van der Waals surface area contributed by atoms with Gasteiger partial charge in [-0.2, -0.15) is 4.31 Å². The Kier molecular flexibility index (Phi) is 6.66. The number of nitrogens with zero attached hydrogens (tertiary/aromatic N) is 2. The van der Waals surface area contributed by atoms with E-state index in [4.69, 9.17) is 23.2 Å². The summed E-state index contributed by atoms with van der Waals surface area (Å²) in [6.45, 7) is 13.0. The minimum absolute atomic E-state index is 0.481. The van der Waals surface area contributed by atoms with Crippen molar-refractivity contribution in [2.75, 3.05) is 26.2 Å². The van der Waals surface area contributed by atoms with E-state index < -0.39 is 10.0 Å². The normalized spacial score (nSPS) is 16.4. The average Bonchev–Trinajstić information content (AvgIpc) is 2.68. The zero-order chi connectivity index (χ0) is 21.5. The largest absolute Gasteiger partial charge is 0.296 e. The van der Waals surface area contributed by atoms with Crippen molar-refractivity contribution in [1.82, 2.24) is 9.21 Å². The Morgan fingerprint density at radius 2 is 1.31 bits per heavy atom. The molecule has 1 aliphatic heterocycles. The molecule has 0 radical (unpaired) electrons. The van der Waals surface area contributed by atoms with Crippen LogP contribution in [0.15, 0.2) is 23.1 Å². The molecule has 0 spiro atoms. The maximum Gasteiger partial charge on any atom is 0.243 e. The molecular formula is C22H28Cl2N2O2S. The van der Waals surface area contributed by atoms with Gasteiger partial charge in [0, 0.05) is 32.7 Å². The maximum absolute atomic E-state index is 13.5. The first-order chi connectivity index (χ1) is 13.5. The maximum atomic E-state index is 13.5. The van der Waals surface area contributed by atoms with Crippen molar-refractivity contribution in [1.29, 1.82) is 0 Å². The SMILES string of the molecule is Cc1c(C)c(C)c(S(=O)(=O)N2CCN(Cc3ccc(Cl)c(Cl)c3)CC2)c(C)c1C. The molecule has 29 heavy (non-hydrogen) atoms. The molecule has 1 heterocycles. The summed E-state index contributed by atoms with van der Waals surface area (Å²) in [5.74, 6) is 0. The van der Waals surface area contributed by atoms with Crippen molar-refractivity contribution in [2.45, 2.75) is 46.1 Å². The summed E-state index contributed by atoms with van der Waals surface area (Å²) in [5, 5.41) is 1.09. The van der Waals surface area contributed by atoms with Crippen LogP contribution in [-0.2, 0) is 16.6 Å². The molecule has 1 saturated heterocycles. The first-order valence-electron chi connectivity index (χ1n) is 9.77. The van der Waals surface area contributed by atoms with Crippen LogP contribution in [-0.4, -0.2) is 43.8 Å². The predicted molar refractivity (Wildman–Crippen MR) is 121 cm³/mol. The van der Waals surface area contributed by atoms with Gasteiger partial charge in [0.25, 0.3) is 0 Å². The lowest BCUT2D eigenvalue weighted by Gasteiger charge is -2.35. The lowest BCUT2D eigenvalue weighted by atomic mass is 9.95. The third-order valence-electron chi connectivity index (χ3n) is 6.25. The molecule has 0 unspecified atom stereocenters. The van der Waals surface area contributed by atoms with Crippen LogP contribution in [0.4, 0.5) is 0 Å². The van der Waals surface area contributed by atoms with Gasteiger partial charge in [0.1, 0.15) is 0 Å². The van der Waals surface area contributed by atoms with Crippen LogP contribution in [0.5, 0.6) is 0 Å². The molecule has 0 aliphatic carbocycles. The predicted octanol–water partition coefficient (Wildman–Crippen LogP) is 5.04. The molecule has 1 aliphatic rings. The van der Waals surface area contributed by atoms with E-state index in [1.54, 1.807) is 10.4 Å². The second-order valence-corrected chi connectivity index (χ2v) is 10.6. The molecule has 0 atom stereocenters. The molecule has 158 valence electrons. The zero-order valence-electron chi connectivity index (χ0n) is 17.6. The lowest BCUT2D eigenvalue weighted by Crippen LogP contribution is -2.48. The highest BCUT2D eigenvalue weighted by molar-refractivity contribution is 7.89. The van der Waals surface area contributed by atoms with Gasteiger partial charge in [0.05, 0.1) is 14.9 Å². The van der Waals surface area contributed by atoms with Crippen molar-refractivity contribution in [3.05, 3.63) is 61.6 Å². The van der Waals surface area contributed by atoms with Gasteiger partial charge in [-0.25, -0.2) is 8.42 Å². The van der Waals surface area contributed by atoms with Crippen molar-refractivity contribution in [3.63, 3.8) is 0 Å². The highest BCUT2D eigenvalue weighted by Crippen LogP contribution is 2.32. The first kappa shape index (κ1) is 22.6. The Balaban J connectivity index is 1.78. The van der Waals surface area contributed by atoms with E-state index in [9.17, 15) is 8.42 Å². The fourth-order valence-corrected chi connectivity index (χ4v) is 6.31. The van der Waals surface area contributed by atoms with Crippen molar-refractivity contribution in [2.24, 2.45) is 0 Å². The summed E-state index contributed by atoms with van der Waals surface area (Å²) in [5.41, 5.74) is 6.10. The fourth-order valence-electron chi connectivity index (χ4n) is 4.01. The highest BCUT2D eigenvalue weighted by Gasteiger charge is 2.32. The summed E-state index contributed by atoms with van der Waals surface area (Å²) >= 11 is 12.1. The van der Waals surface area contributed by atoms with Gasteiger partial charge >= 0.3 is 0 Å². The Morgan fingerprint density at radius 3 is 1.83 bits per heavy atom. The fraction of sp³-hybridized carbons (Fsp3) is 0.455. The zero-order valence-corrected chi connectivity index (χ0v) is 20.0. The van der Waals surface area contributed by atoms with Crippen molar-refractivity contribution >= 4 is 33.2 Å². The van der Waals surface area contributed by atoms with Gasteiger partial charge in [-0.05, 0) is 80.1 Å². The topological polar surface area (TPSA) is 40.6 Å². The van der Waals surface area contributed by atoms with Crippen molar-refractivity contribution in [3.8, 4) is 0 Å². The molecule has 0 aromatic heterocycles. The summed E-state index contributed by atoms with van der Waals surface area (Å²) in [4.78, 5) is 2.73. The van der Waals surface area contributed by atoms with Gasteiger partial charge in [-0.15, -0.1) is 0 Å². The molecule has 3 rings (SSSR count). The molecule has 0 N–H and O–H groups in total. The Labute approximate surface area is 184 Å². The van der Waals surface area contributed by atoms with E-state index in [0.29, 0.717) is 41.1 Å². The monoisotopic (exact) mass is 454 g/mol. The van der Waals surface area contributed by atoms with Crippen LogP contribution in [0.1, 0.15) is 33.4 Å². The number of sulfonamides is 1. The first-order valence-corrected chi connectivity index (χ1v) is 12.0. The quantitative estimate of drug-likeness (QED) is 0.649. The molecule has 1 fully saturated rings. The molecule has 0 bridgehead atoms. The minimum atomic E-state index is -3.53. The minimum Gasteiger partial charge on any atom is -0.296 e. The number of benzene rings is 2. The molecule has 0 saturated carbocycles. The molecule has 2 aromatic rings. The third kappa shape index (κ3) is 4.35. The smallest absolute Gasteiger partial charge is 0.243 e. The highest BCUT2D eigenvalue weighted by atomic mass is 35.5. The van der Waals surface area contributed by atoms with Crippen LogP contribution in [0.3, 0.4) is 0 Å². The van der Waals surface area contributed by atoms with E-state index >= 15 is 0 Å². The summed E-state index contributed by atoms with van der Waals surface area (Å²) in [7, 11) is -3.53. The van der Waals surface area contributed by atoms with E-state index in [2.05, 4.69) is 11.8 Å². The number of hydrogen-bond acceptors (Lipinski definition) is 3. The molecule has 7 heteroatoms. The molecular weight excluding hydrogens is 427 g/mol. The van der Waals surface area contributed by atoms with Crippen molar-refractivity contribution < 1.29 is 8.42 Å². The third-order valence-corrected chi connectivity index (χ3v) is 9.16. The summed E-state index contributed by atoms with van der Waals surface area (Å²) < 4.78 is 28.6. The van der Waals surface area contributed by atoms with E-state index in [1.807, 2.05) is 39.8 Å². The van der Waals surface area contributed by atoms with Gasteiger partial charge in [0.15, 0.2) is 0 Å². The summed E-state index contributed by atoms with van der Waals surface area (Å²) in [6, 6.07) is 5.63. The van der Waals surface area contributed by atoms with E-state index in [1.165, 1.54) is 5.56 Å². The average molecular weight is 455 g/mol. The lowest BCUT2D eigenvalue weighted by molar-refractivity contribution is 0.181. The second-order valence-electron chi connectivity index (χ2n) is 7.88. The van der Waals surface area contributed by atoms with E-state index in [0.717, 1.165) is 34.4 Å². The van der Waals surface area contributed by atoms with Gasteiger partial charge in [0.2, 0.25) is 10.0 Å². The molecule has 0 amide bonds. The van der Waals surface area contributed by atoms with Crippen LogP contribution < -0.4 is 0 Å². The number of piperazine rings is 1. The number of rotatable bonds is 4. The standard InChI is InChI=1S/C22H28Cl2N2O2S/c1-14-15(2)17(4)22(18(5)16(14)3)29(27,28)26-10-8-25(9-11-26)13-19-6-7-20(23)21(24)12-19/h6-7,12H,8-11,13H2,1-5H3. The van der Waals surface area contributed by atoms with Crippen LogP contribution in [0.25, 0.3) is 0 Å². The second kappa shape index (κ2) is 8.56. The Hall–Kier alpha value is -1.11. The Morgan fingerprint density at radius 1 is 0.793 bits per heavy atom. The number of halogens is 2. The molecule has 4 nitrogen and oxygen atoms in total. The van der Waals surface area contributed by atoms with Gasteiger partial charge < -0.3 is 0 Å². The summed E-state index contributed by atoms with van der Waals surface area (Å²) in [6.07, 6.45) is 0. The van der Waals surface area contributed by atoms with Gasteiger partial charge in [-0.3, -0.25) is 4.90 Å². The van der Waals surface area contributed by atoms with Gasteiger partial charge in [-0.1, -0.05) is 29.3 Å². The van der Waals surface area contributed by atoms with Crippen LogP contribution in [0.2, 0.25) is 10.0 Å². The van der Waals surface area contributed by atoms with E-state index in [-0.39, 0.29) is 0 Å². The Bertz CT molecular complexity index is 1010.